The highest BCUT2D eigenvalue weighted by Gasteiger charge is 2.69. The minimum atomic E-state index is -1.39. The molecule has 4 fully saturated rings. The lowest BCUT2D eigenvalue weighted by atomic mass is 9.44. The van der Waals surface area contributed by atoms with E-state index < -0.39 is 17.4 Å². The summed E-state index contributed by atoms with van der Waals surface area (Å²) in [7, 11) is 1.81. The maximum Gasteiger partial charge on any atom is 0.333 e. The van der Waals surface area contributed by atoms with E-state index in [-0.39, 0.29) is 22.7 Å². The Morgan fingerprint density at radius 3 is 2.23 bits per heavy atom. The Hall–Kier alpha value is -1.40. The number of ether oxygens (including phenoxy) is 3. The van der Waals surface area contributed by atoms with E-state index in [4.69, 9.17) is 14.2 Å². The van der Waals surface area contributed by atoms with E-state index in [1.54, 1.807) is 6.08 Å². The van der Waals surface area contributed by atoms with Gasteiger partial charge in [0.25, 0.3) is 0 Å². The first-order valence-corrected chi connectivity index (χ1v) is 18.1. The van der Waals surface area contributed by atoms with Crippen LogP contribution in [0.2, 0.25) is 0 Å². The third kappa shape index (κ3) is 6.76. The minimum Gasteiger partial charge on any atom is -0.463 e. The first kappa shape index (κ1) is 33.0. The second-order valence-electron chi connectivity index (χ2n) is 15.4. The van der Waals surface area contributed by atoms with Crippen LogP contribution in [0.5, 0.6) is 0 Å². The van der Waals surface area contributed by atoms with E-state index >= 15 is 0 Å². The number of esters is 2. The van der Waals surface area contributed by atoms with Gasteiger partial charge >= 0.3 is 11.9 Å². The number of carbonyl (C=O) groups excluding carboxylic acids is 2. The fraction of sp³-hybridized carbons (Fsp3) is 0.892. The van der Waals surface area contributed by atoms with Crippen LogP contribution >= 0.6 is 0 Å². The molecule has 0 aromatic heterocycles. The van der Waals surface area contributed by atoms with Crippen molar-refractivity contribution >= 4 is 11.9 Å². The molecule has 0 radical (unpaired) electrons. The summed E-state index contributed by atoms with van der Waals surface area (Å²) in [5, 5.41) is 11.1. The topological polar surface area (TPSA) is 82.1 Å². The average molecular weight is 601 g/mol. The van der Waals surface area contributed by atoms with E-state index in [1.807, 2.05) is 7.11 Å². The van der Waals surface area contributed by atoms with Crippen molar-refractivity contribution in [3.8, 4) is 0 Å². The molecule has 244 valence electrons. The van der Waals surface area contributed by atoms with Gasteiger partial charge in [-0.05, 0) is 80.0 Å². The molecule has 7 atom stereocenters. The lowest BCUT2D eigenvalue weighted by Gasteiger charge is -2.61. The van der Waals surface area contributed by atoms with Crippen molar-refractivity contribution in [1.29, 1.82) is 0 Å². The van der Waals surface area contributed by atoms with Crippen molar-refractivity contribution in [2.24, 2.45) is 28.6 Å². The van der Waals surface area contributed by atoms with Gasteiger partial charge in [-0.15, -0.1) is 0 Å². The molecule has 43 heavy (non-hydrogen) atoms. The summed E-state index contributed by atoms with van der Waals surface area (Å²) in [5.41, 5.74) is 0.626. The lowest BCUT2D eigenvalue weighted by molar-refractivity contribution is -0.208. The third-order valence-corrected chi connectivity index (χ3v) is 12.9. The molecule has 0 aromatic carbocycles. The SMILES string of the molecule is CCCCCCCCCCCCCCCC(=O)OCC1(OC)CC23CCC4C5=CC(=O)OC5(O)CCC4(C)C2CCC1C3. The molecule has 6 heteroatoms. The minimum absolute atomic E-state index is 0.0318. The molecular weight excluding hydrogens is 540 g/mol. The normalized spacial score (nSPS) is 37.7. The number of hydrogen-bond acceptors (Lipinski definition) is 6. The van der Waals surface area contributed by atoms with Gasteiger partial charge in [0.1, 0.15) is 12.2 Å². The molecule has 5 aliphatic rings. The van der Waals surface area contributed by atoms with Crippen molar-refractivity contribution in [3.05, 3.63) is 11.6 Å². The fourth-order valence-electron chi connectivity index (χ4n) is 10.6. The van der Waals surface area contributed by atoms with Crippen LogP contribution in [0.1, 0.15) is 155 Å². The van der Waals surface area contributed by atoms with Crippen LogP contribution in [0.4, 0.5) is 0 Å². The van der Waals surface area contributed by atoms with Crippen LogP contribution < -0.4 is 0 Å². The molecule has 7 unspecified atom stereocenters. The van der Waals surface area contributed by atoms with Crippen LogP contribution in [0.15, 0.2) is 11.6 Å². The molecule has 0 saturated heterocycles. The van der Waals surface area contributed by atoms with Crippen molar-refractivity contribution < 1.29 is 28.9 Å². The zero-order valence-corrected chi connectivity index (χ0v) is 27.6. The predicted octanol–water partition coefficient (Wildman–Crippen LogP) is 8.58. The number of unbranched alkanes of at least 4 members (excludes halogenated alkanes) is 12. The largest absolute Gasteiger partial charge is 0.463 e. The highest BCUT2D eigenvalue weighted by atomic mass is 16.7. The zero-order valence-electron chi connectivity index (χ0n) is 27.6. The molecule has 0 aromatic rings. The second-order valence-corrected chi connectivity index (χ2v) is 15.4. The van der Waals surface area contributed by atoms with Crippen LogP contribution in [-0.2, 0) is 23.8 Å². The van der Waals surface area contributed by atoms with Crippen LogP contribution in [0.3, 0.4) is 0 Å². The maximum atomic E-state index is 12.8. The fourth-order valence-corrected chi connectivity index (χ4v) is 10.6. The Labute approximate surface area is 261 Å². The quantitative estimate of drug-likeness (QED) is 0.133. The number of aliphatic hydroxyl groups is 1. The monoisotopic (exact) mass is 600 g/mol. The van der Waals surface area contributed by atoms with E-state index in [0.29, 0.717) is 31.3 Å². The Morgan fingerprint density at radius 1 is 0.930 bits per heavy atom. The van der Waals surface area contributed by atoms with Crippen LogP contribution in [-0.4, -0.2) is 42.1 Å². The standard InChI is InChI=1S/C37H60O6/c1-4-5-6-7-8-9-10-11-12-13-14-15-16-17-32(38)42-27-36(41-3)26-35-21-20-29-30-24-33(39)43-37(30,40)23-22-34(29,2)31(35)19-18-28(36)25-35/h24,28-29,31,40H,4-23,25-27H2,1-3H3. The van der Waals surface area contributed by atoms with Crippen molar-refractivity contribution in [2.45, 2.75) is 166 Å². The zero-order chi connectivity index (χ0) is 30.6. The molecule has 6 nitrogen and oxygen atoms in total. The Balaban J connectivity index is 1.04. The first-order chi connectivity index (χ1) is 20.7. The van der Waals surface area contributed by atoms with Gasteiger partial charge in [-0.3, -0.25) is 4.79 Å². The van der Waals surface area contributed by atoms with Gasteiger partial charge in [0.05, 0.1) is 0 Å². The molecule has 5 rings (SSSR count). The van der Waals surface area contributed by atoms with Crippen molar-refractivity contribution in [3.63, 3.8) is 0 Å². The molecule has 0 amide bonds. The molecule has 1 aliphatic heterocycles. The van der Waals surface area contributed by atoms with Crippen molar-refractivity contribution in [1.82, 2.24) is 0 Å². The lowest BCUT2D eigenvalue weighted by Crippen LogP contribution is -2.56. The first-order valence-electron chi connectivity index (χ1n) is 18.1. The molecular formula is C37H60O6. The number of carbonyl (C=O) groups is 2. The van der Waals surface area contributed by atoms with Crippen molar-refractivity contribution in [2.75, 3.05) is 13.7 Å². The van der Waals surface area contributed by atoms with Gasteiger partial charge in [-0.25, -0.2) is 4.79 Å². The maximum absolute atomic E-state index is 12.8. The van der Waals surface area contributed by atoms with E-state index in [2.05, 4.69) is 13.8 Å². The van der Waals surface area contributed by atoms with E-state index in [1.165, 1.54) is 70.6 Å². The average Bonchev–Trinajstić information content (AvgIpc) is 3.42. The number of fused-ring (bicyclic) bond motifs is 5. The molecule has 4 saturated carbocycles. The Bertz CT molecular complexity index is 1010. The summed E-state index contributed by atoms with van der Waals surface area (Å²) in [4.78, 5) is 24.9. The van der Waals surface area contributed by atoms with Gasteiger partial charge in [-0.2, -0.15) is 0 Å². The summed E-state index contributed by atoms with van der Waals surface area (Å²) < 4.78 is 17.7. The Morgan fingerprint density at radius 2 is 1.58 bits per heavy atom. The third-order valence-electron chi connectivity index (χ3n) is 12.9. The molecule has 2 bridgehead atoms. The summed E-state index contributed by atoms with van der Waals surface area (Å²) in [5.74, 6) is -0.763. The van der Waals surface area contributed by atoms with Crippen LogP contribution in [0.25, 0.3) is 0 Å². The number of hydrogen-bond donors (Lipinski definition) is 1. The van der Waals surface area contributed by atoms with E-state index in [9.17, 15) is 14.7 Å². The molecule has 4 aliphatic carbocycles. The van der Waals surface area contributed by atoms with E-state index in [0.717, 1.165) is 63.4 Å². The predicted molar refractivity (Wildman–Crippen MR) is 168 cm³/mol. The van der Waals surface area contributed by atoms with Crippen LogP contribution in [0, 0.1) is 28.6 Å². The highest BCUT2D eigenvalue weighted by Crippen LogP contribution is 2.72. The number of rotatable bonds is 17. The van der Waals surface area contributed by atoms with Gasteiger partial charge in [0.2, 0.25) is 5.79 Å². The van der Waals surface area contributed by atoms with Gasteiger partial charge in [-0.1, -0.05) is 90.9 Å². The molecule has 1 spiro atoms. The summed E-state index contributed by atoms with van der Waals surface area (Å²) in [6.45, 7) is 5.04. The smallest absolute Gasteiger partial charge is 0.333 e. The summed E-state index contributed by atoms with van der Waals surface area (Å²) >= 11 is 0. The summed E-state index contributed by atoms with van der Waals surface area (Å²) in [6.07, 6.45) is 26.6. The molecule has 1 heterocycles. The van der Waals surface area contributed by atoms with Gasteiger partial charge in [0, 0.05) is 31.6 Å². The highest BCUT2D eigenvalue weighted by molar-refractivity contribution is 5.86. The second kappa shape index (κ2) is 13.9. The van der Waals surface area contributed by atoms with Gasteiger partial charge in [0.15, 0.2) is 0 Å². The summed E-state index contributed by atoms with van der Waals surface area (Å²) in [6, 6.07) is 0. The molecule has 1 N–H and O–H groups in total. The van der Waals surface area contributed by atoms with Gasteiger partial charge < -0.3 is 19.3 Å². The number of methoxy groups -OCH3 is 1. The Kier molecular flexibility index (Phi) is 10.7.